The molecular formula is C23H26F2N4O3. The Hall–Kier alpha value is -3.33. The van der Waals surface area contributed by atoms with Crippen molar-refractivity contribution >= 4 is 34.0 Å². The van der Waals surface area contributed by atoms with E-state index in [-0.39, 0.29) is 24.1 Å². The average molecular weight is 444 g/mol. The monoisotopic (exact) mass is 444 g/mol. The zero-order valence-electron chi connectivity index (χ0n) is 18.2. The van der Waals surface area contributed by atoms with Gasteiger partial charge in [-0.05, 0) is 44.5 Å². The van der Waals surface area contributed by atoms with Gasteiger partial charge in [0.05, 0.1) is 17.5 Å². The number of hydrogen-bond donors (Lipinski definition) is 2. The van der Waals surface area contributed by atoms with E-state index in [0.717, 1.165) is 0 Å². The summed E-state index contributed by atoms with van der Waals surface area (Å²) in [7, 11) is 1.56. The van der Waals surface area contributed by atoms with Crippen molar-refractivity contribution < 1.29 is 23.0 Å². The molecule has 0 radical (unpaired) electrons. The number of rotatable bonds is 10. The molecule has 0 spiro atoms. The van der Waals surface area contributed by atoms with Crippen LogP contribution in [0.5, 0.6) is 5.75 Å². The number of nitrogens with one attached hydrogen (secondary N) is 2. The molecule has 3 rings (SSSR count). The maximum atomic E-state index is 14.8. The van der Waals surface area contributed by atoms with Crippen LogP contribution in [0.2, 0.25) is 0 Å². The Bertz CT molecular complexity index is 1070. The number of alkyl halides is 1. The molecule has 0 bridgehead atoms. The number of fused-ring (bicyclic) bond motifs is 1. The quantitative estimate of drug-likeness (QED) is 0.428. The third kappa shape index (κ3) is 6.58. The van der Waals surface area contributed by atoms with Crippen molar-refractivity contribution in [3.8, 4) is 5.75 Å². The van der Waals surface area contributed by atoms with Gasteiger partial charge in [0.25, 0.3) is 0 Å². The number of nitrogens with zero attached hydrogens (tertiary/aromatic N) is 2. The van der Waals surface area contributed by atoms with E-state index < -0.39 is 11.5 Å². The molecule has 2 N–H and O–H groups in total. The van der Waals surface area contributed by atoms with Gasteiger partial charge in [-0.3, -0.25) is 4.79 Å². The van der Waals surface area contributed by atoms with Crippen LogP contribution in [-0.4, -0.2) is 41.9 Å². The highest BCUT2D eigenvalue weighted by Gasteiger charge is 2.17. The Morgan fingerprint density at radius 1 is 1.09 bits per heavy atom. The van der Waals surface area contributed by atoms with Crippen LogP contribution in [0.3, 0.4) is 0 Å². The van der Waals surface area contributed by atoms with Gasteiger partial charge in [-0.2, -0.15) is 0 Å². The number of anilines is 3. The lowest BCUT2D eigenvalue weighted by Gasteiger charge is -2.14. The van der Waals surface area contributed by atoms with Crippen LogP contribution in [0.25, 0.3) is 10.9 Å². The normalized spacial score (nSPS) is 11.4. The summed E-state index contributed by atoms with van der Waals surface area (Å²) < 4.78 is 38.7. The fourth-order valence-electron chi connectivity index (χ4n) is 2.95. The number of aromatic nitrogens is 2. The third-order valence-corrected chi connectivity index (χ3v) is 4.60. The fraction of sp³-hybridized carbons (Fsp3) is 0.348. The van der Waals surface area contributed by atoms with Gasteiger partial charge >= 0.3 is 0 Å². The molecule has 0 aliphatic heterocycles. The Labute approximate surface area is 185 Å². The van der Waals surface area contributed by atoms with E-state index in [2.05, 4.69) is 20.6 Å². The molecule has 0 fully saturated rings. The molecule has 2 aromatic carbocycles. The lowest BCUT2D eigenvalue weighted by atomic mass is 10.0. The van der Waals surface area contributed by atoms with E-state index in [1.54, 1.807) is 37.4 Å². The first-order valence-electron chi connectivity index (χ1n) is 10.2. The van der Waals surface area contributed by atoms with Gasteiger partial charge < -0.3 is 20.1 Å². The Morgan fingerprint density at radius 2 is 1.81 bits per heavy atom. The molecule has 9 heteroatoms. The second-order valence-corrected chi connectivity index (χ2v) is 7.83. The smallest absolute Gasteiger partial charge is 0.224 e. The minimum atomic E-state index is -1.39. The number of carbonyl (C=O) groups excluding carboxylic acids is 1. The van der Waals surface area contributed by atoms with Crippen LogP contribution in [0.4, 0.5) is 26.0 Å². The minimum Gasteiger partial charge on any atom is -0.491 e. The average Bonchev–Trinajstić information content (AvgIpc) is 2.73. The van der Waals surface area contributed by atoms with Crippen LogP contribution < -0.4 is 15.4 Å². The number of ether oxygens (including phenoxy) is 2. The van der Waals surface area contributed by atoms with Gasteiger partial charge in [0.15, 0.2) is 0 Å². The highest BCUT2D eigenvalue weighted by molar-refractivity contribution is 5.93. The first kappa shape index (κ1) is 23.3. The second-order valence-electron chi connectivity index (χ2n) is 7.83. The van der Waals surface area contributed by atoms with E-state index in [0.29, 0.717) is 41.7 Å². The number of methoxy groups -OCH3 is 1. The molecule has 1 amide bonds. The first-order chi connectivity index (χ1) is 15.2. The van der Waals surface area contributed by atoms with Crippen molar-refractivity contribution in [1.29, 1.82) is 0 Å². The van der Waals surface area contributed by atoms with Crippen molar-refractivity contribution in [1.82, 2.24) is 9.97 Å². The highest BCUT2D eigenvalue weighted by Crippen LogP contribution is 2.29. The molecular weight excluding hydrogens is 418 g/mol. The molecule has 0 aliphatic rings. The molecule has 3 aromatic rings. The molecule has 7 nitrogen and oxygen atoms in total. The van der Waals surface area contributed by atoms with Crippen LogP contribution in [0.1, 0.15) is 26.7 Å². The Morgan fingerprint density at radius 3 is 2.50 bits per heavy atom. The summed E-state index contributed by atoms with van der Waals surface area (Å²) in [5, 5.41) is 6.03. The standard InChI is InChI=1S/C23H26F2N4O3/c1-23(2,25)9-8-20(30)28-15-4-6-16(7-5-15)29-22-21-18(24)12-17(32-11-10-31-3)13-19(21)26-14-27-22/h4-7,12-14H,8-11H2,1-3H3,(H,28,30)(H,26,27,29). The summed E-state index contributed by atoms with van der Waals surface area (Å²) in [6.45, 7) is 3.57. The predicted molar refractivity (Wildman–Crippen MR) is 120 cm³/mol. The Kier molecular flexibility index (Phi) is 7.53. The molecule has 0 saturated carbocycles. The maximum Gasteiger partial charge on any atom is 0.224 e. The van der Waals surface area contributed by atoms with Crippen LogP contribution >= 0.6 is 0 Å². The molecule has 0 atom stereocenters. The highest BCUT2D eigenvalue weighted by atomic mass is 19.1. The van der Waals surface area contributed by atoms with Crippen molar-refractivity contribution in [2.45, 2.75) is 32.4 Å². The van der Waals surface area contributed by atoms with Gasteiger partial charge in [-0.1, -0.05) is 0 Å². The minimum absolute atomic E-state index is 0.0902. The van der Waals surface area contributed by atoms with E-state index in [9.17, 15) is 13.6 Å². The summed E-state index contributed by atoms with van der Waals surface area (Å²) in [5.41, 5.74) is 0.230. The van der Waals surface area contributed by atoms with Gasteiger partial charge in [-0.15, -0.1) is 0 Å². The van der Waals surface area contributed by atoms with E-state index in [4.69, 9.17) is 9.47 Å². The summed E-state index contributed by atoms with van der Waals surface area (Å²) in [4.78, 5) is 20.3. The van der Waals surface area contributed by atoms with Gasteiger partial charge in [-0.25, -0.2) is 18.7 Å². The van der Waals surface area contributed by atoms with Crippen LogP contribution in [0.15, 0.2) is 42.7 Å². The summed E-state index contributed by atoms with van der Waals surface area (Å²) in [5.74, 6) is -0.118. The van der Waals surface area contributed by atoms with E-state index in [1.807, 2.05) is 0 Å². The number of carbonyl (C=O) groups is 1. The summed E-state index contributed by atoms with van der Waals surface area (Å²) >= 11 is 0. The van der Waals surface area contributed by atoms with Crippen molar-refractivity contribution in [3.63, 3.8) is 0 Å². The second kappa shape index (κ2) is 10.3. The number of benzene rings is 2. The maximum absolute atomic E-state index is 14.8. The number of hydrogen-bond acceptors (Lipinski definition) is 6. The van der Waals surface area contributed by atoms with Crippen molar-refractivity contribution in [2.24, 2.45) is 0 Å². The zero-order chi connectivity index (χ0) is 23.1. The number of halogens is 2. The third-order valence-electron chi connectivity index (χ3n) is 4.60. The molecule has 0 unspecified atom stereocenters. The molecule has 170 valence electrons. The zero-order valence-corrected chi connectivity index (χ0v) is 18.2. The Balaban J connectivity index is 1.70. The summed E-state index contributed by atoms with van der Waals surface area (Å²) in [6.07, 6.45) is 1.57. The molecule has 1 aromatic heterocycles. The van der Waals surface area contributed by atoms with Crippen molar-refractivity contribution in [3.05, 3.63) is 48.5 Å². The van der Waals surface area contributed by atoms with Crippen LogP contribution in [0, 0.1) is 5.82 Å². The first-order valence-corrected chi connectivity index (χ1v) is 10.2. The van der Waals surface area contributed by atoms with E-state index in [1.165, 1.54) is 26.2 Å². The fourth-order valence-corrected chi connectivity index (χ4v) is 2.95. The number of amides is 1. The summed E-state index contributed by atoms with van der Waals surface area (Å²) in [6, 6.07) is 9.76. The SMILES string of the molecule is COCCOc1cc(F)c2c(Nc3ccc(NC(=O)CCC(C)(C)F)cc3)ncnc2c1. The molecule has 32 heavy (non-hydrogen) atoms. The molecule has 0 aliphatic carbocycles. The molecule has 1 heterocycles. The van der Waals surface area contributed by atoms with Gasteiger partial charge in [0.2, 0.25) is 5.91 Å². The van der Waals surface area contributed by atoms with Gasteiger partial charge in [0.1, 0.15) is 36.0 Å². The lowest BCUT2D eigenvalue weighted by molar-refractivity contribution is -0.116. The van der Waals surface area contributed by atoms with Crippen LogP contribution in [-0.2, 0) is 9.53 Å². The lowest BCUT2D eigenvalue weighted by Crippen LogP contribution is -2.18. The topological polar surface area (TPSA) is 85.4 Å². The predicted octanol–water partition coefficient (Wildman–Crippen LogP) is 5.00. The molecule has 0 saturated heterocycles. The van der Waals surface area contributed by atoms with Crippen molar-refractivity contribution in [2.75, 3.05) is 31.0 Å². The van der Waals surface area contributed by atoms with E-state index >= 15 is 0 Å². The van der Waals surface area contributed by atoms with Gasteiger partial charge in [0, 0.05) is 37.0 Å². The largest absolute Gasteiger partial charge is 0.491 e.